The number of fused-ring (bicyclic) bond motifs is 2. The van der Waals surface area contributed by atoms with Gasteiger partial charge in [0, 0.05) is 42.1 Å². The Morgan fingerprint density at radius 1 is 1.27 bits per heavy atom. The van der Waals surface area contributed by atoms with E-state index < -0.39 is 0 Å². The Morgan fingerprint density at radius 3 is 3.00 bits per heavy atom. The number of ether oxygens (including phenoxy) is 1. The number of benzene rings is 1. The Kier molecular flexibility index (Phi) is 7.07. The number of urea groups is 1. The summed E-state index contributed by atoms with van der Waals surface area (Å²) < 4.78 is 6.28. The minimum absolute atomic E-state index is 0.0425. The van der Waals surface area contributed by atoms with Crippen LogP contribution < -0.4 is 16.0 Å². The van der Waals surface area contributed by atoms with Gasteiger partial charge in [-0.2, -0.15) is 11.8 Å². The smallest absolute Gasteiger partial charge is 0.315 e. The summed E-state index contributed by atoms with van der Waals surface area (Å²) in [5, 5.41) is 11.4. The molecule has 3 amide bonds. The van der Waals surface area contributed by atoms with Crippen LogP contribution in [0.1, 0.15) is 44.9 Å². The highest BCUT2D eigenvalue weighted by Crippen LogP contribution is 2.37. The summed E-state index contributed by atoms with van der Waals surface area (Å²) >= 11 is 8.16. The van der Waals surface area contributed by atoms with E-state index in [2.05, 4.69) is 25.9 Å². The number of amides is 3. The Balaban J connectivity index is 0.927. The lowest BCUT2D eigenvalue weighted by Gasteiger charge is -2.38. The standard InChI is InChI=1S/C26H33ClN6O3S/c27-18-4-3-5-19-17(18)13-28-24(30-19)29-16-12-26(36-14-16)8-10-33(11-9-26)22(34)7-2-1-6-21-23-20(15-37-21)31-25(35)32-23/h3-5,13,16,20-21,23H,1-2,6-12,14-15H2,(H,28,29,30)(H2,31,32,35)/t16?,20-,21-,23-/m0/s1. The summed E-state index contributed by atoms with van der Waals surface area (Å²) in [6, 6.07) is 6.26. The first-order valence-electron chi connectivity index (χ1n) is 13.3. The van der Waals surface area contributed by atoms with E-state index in [9.17, 15) is 9.59 Å². The van der Waals surface area contributed by atoms with Gasteiger partial charge in [-0.3, -0.25) is 4.79 Å². The highest BCUT2D eigenvalue weighted by Gasteiger charge is 2.44. The lowest BCUT2D eigenvalue weighted by atomic mass is 9.87. The number of rotatable bonds is 7. The summed E-state index contributed by atoms with van der Waals surface area (Å²) in [6.07, 6.45) is 7.92. The molecule has 3 N–H and O–H groups in total. The molecule has 6 rings (SSSR count). The maximum absolute atomic E-state index is 12.8. The van der Waals surface area contributed by atoms with Crippen molar-refractivity contribution in [1.29, 1.82) is 0 Å². The summed E-state index contributed by atoms with van der Waals surface area (Å²) in [5.74, 6) is 1.81. The Labute approximate surface area is 225 Å². The maximum Gasteiger partial charge on any atom is 0.315 e. The molecule has 0 radical (unpaired) electrons. The van der Waals surface area contributed by atoms with Crippen LogP contribution in [0.2, 0.25) is 5.02 Å². The van der Waals surface area contributed by atoms with Crippen molar-refractivity contribution in [2.45, 2.75) is 73.9 Å². The lowest BCUT2D eigenvalue weighted by molar-refractivity contribution is -0.136. The molecule has 0 saturated carbocycles. The van der Waals surface area contributed by atoms with Crippen LogP contribution >= 0.6 is 23.4 Å². The van der Waals surface area contributed by atoms with Crippen molar-refractivity contribution in [3.63, 3.8) is 0 Å². The fourth-order valence-electron chi connectivity index (χ4n) is 6.14. The molecule has 1 aromatic carbocycles. The van der Waals surface area contributed by atoms with Crippen molar-refractivity contribution in [3.8, 4) is 0 Å². The van der Waals surface area contributed by atoms with Gasteiger partial charge in [0.15, 0.2) is 0 Å². The molecular weight excluding hydrogens is 512 g/mol. The highest BCUT2D eigenvalue weighted by molar-refractivity contribution is 8.00. The van der Waals surface area contributed by atoms with Crippen molar-refractivity contribution in [1.82, 2.24) is 25.5 Å². The van der Waals surface area contributed by atoms with Crippen LogP contribution in [0.5, 0.6) is 0 Å². The number of hydrogen-bond acceptors (Lipinski definition) is 7. The molecule has 0 aliphatic carbocycles. The Morgan fingerprint density at radius 2 is 2.14 bits per heavy atom. The van der Waals surface area contributed by atoms with Crippen molar-refractivity contribution < 1.29 is 14.3 Å². The largest absolute Gasteiger partial charge is 0.373 e. The number of aromatic nitrogens is 2. The average molecular weight is 545 g/mol. The molecule has 1 spiro atoms. The monoisotopic (exact) mass is 544 g/mol. The van der Waals surface area contributed by atoms with Crippen LogP contribution in [-0.4, -0.2) is 81.2 Å². The van der Waals surface area contributed by atoms with Crippen molar-refractivity contribution in [3.05, 3.63) is 29.4 Å². The van der Waals surface area contributed by atoms with E-state index in [4.69, 9.17) is 16.3 Å². The third-order valence-corrected chi connectivity index (χ3v) is 10.0. The second-order valence-corrected chi connectivity index (χ2v) is 12.3. The topological polar surface area (TPSA) is 108 Å². The highest BCUT2D eigenvalue weighted by atomic mass is 35.5. The number of piperidine rings is 1. The molecule has 0 bridgehead atoms. The number of halogens is 1. The zero-order valence-electron chi connectivity index (χ0n) is 20.7. The van der Waals surface area contributed by atoms with E-state index in [0.717, 1.165) is 68.3 Å². The van der Waals surface area contributed by atoms with Crippen LogP contribution in [0.3, 0.4) is 0 Å². The number of thioether (sulfide) groups is 1. The molecule has 4 aliphatic heterocycles. The van der Waals surface area contributed by atoms with E-state index in [0.29, 0.717) is 29.2 Å². The van der Waals surface area contributed by atoms with Gasteiger partial charge < -0.3 is 25.6 Å². The van der Waals surface area contributed by atoms with Crippen LogP contribution in [0.4, 0.5) is 10.7 Å². The van der Waals surface area contributed by atoms with Crippen LogP contribution in [0, 0.1) is 0 Å². The number of anilines is 1. The molecule has 1 unspecified atom stereocenters. The molecule has 11 heteroatoms. The number of likely N-dealkylation sites (tertiary alicyclic amines) is 1. The molecule has 37 heavy (non-hydrogen) atoms. The predicted octanol–water partition coefficient (Wildman–Crippen LogP) is 3.57. The van der Waals surface area contributed by atoms with E-state index in [1.54, 1.807) is 6.20 Å². The zero-order chi connectivity index (χ0) is 25.4. The van der Waals surface area contributed by atoms with Gasteiger partial charge in [-0.25, -0.2) is 14.8 Å². The number of hydrogen-bond donors (Lipinski definition) is 3. The van der Waals surface area contributed by atoms with Gasteiger partial charge in [0.2, 0.25) is 11.9 Å². The van der Waals surface area contributed by atoms with Crippen LogP contribution in [0.25, 0.3) is 10.9 Å². The van der Waals surface area contributed by atoms with Gasteiger partial charge in [0.05, 0.1) is 40.9 Å². The molecular formula is C26H33ClN6O3S. The molecule has 2 aromatic rings. The van der Waals surface area contributed by atoms with Gasteiger partial charge in [-0.15, -0.1) is 0 Å². The quantitative estimate of drug-likeness (QED) is 0.361. The predicted molar refractivity (Wildman–Crippen MR) is 145 cm³/mol. The minimum Gasteiger partial charge on any atom is -0.373 e. The number of carbonyl (C=O) groups excluding carboxylic acids is 2. The summed E-state index contributed by atoms with van der Waals surface area (Å²) in [6.45, 7) is 2.11. The zero-order valence-corrected chi connectivity index (χ0v) is 22.3. The molecule has 9 nitrogen and oxygen atoms in total. The fraction of sp³-hybridized carbons (Fsp3) is 0.615. The van der Waals surface area contributed by atoms with E-state index in [1.165, 1.54) is 0 Å². The van der Waals surface area contributed by atoms with E-state index in [1.807, 2.05) is 34.9 Å². The van der Waals surface area contributed by atoms with Gasteiger partial charge >= 0.3 is 6.03 Å². The van der Waals surface area contributed by atoms with Crippen molar-refractivity contribution in [2.75, 3.05) is 30.8 Å². The van der Waals surface area contributed by atoms with Crippen molar-refractivity contribution in [2.24, 2.45) is 0 Å². The van der Waals surface area contributed by atoms with Crippen LogP contribution in [0.15, 0.2) is 24.4 Å². The summed E-state index contributed by atoms with van der Waals surface area (Å²) in [4.78, 5) is 35.4. The lowest BCUT2D eigenvalue weighted by Crippen LogP contribution is -2.46. The molecule has 5 heterocycles. The van der Waals surface area contributed by atoms with Gasteiger partial charge in [-0.05, 0) is 44.2 Å². The summed E-state index contributed by atoms with van der Waals surface area (Å²) in [5.41, 5.74) is 0.642. The normalized spacial score (nSPS) is 28.4. The molecule has 4 atom stereocenters. The first-order valence-corrected chi connectivity index (χ1v) is 14.7. The third kappa shape index (κ3) is 5.33. The van der Waals surface area contributed by atoms with Gasteiger partial charge in [-0.1, -0.05) is 24.1 Å². The Hall–Kier alpha value is -2.30. The number of unbranched alkanes of at least 4 members (excludes halogenated alkanes) is 1. The number of carbonyl (C=O) groups is 2. The second kappa shape index (κ2) is 10.5. The number of nitrogens with one attached hydrogen (secondary N) is 3. The molecule has 4 saturated heterocycles. The van der Waals surface area contributed by atoms with E-state index >= 15 is 0 Å². The fourth-order valence-corrected chi connectivity index (χ4v) is 7.91. The molecule has 1 aromatic heterocycles. The third-order valence-electron chi connectivity index (χ3n) is 8.21. The first-order chi connectivity index (χ1) is 18.0. The maximum atomic E-state index is 12.8. The minimum atomic E-state index is -0.176. The Bertz CT molecular complexity index is 1180. The van der Waals surface area contributed by atoms with Crippen LogP contribution in [-0.2, 0) is 9.53 Å². The van der Waals surface area contributed by atoms with Gasteiger partial charge in [0.25, 0.3) is 0 Å². The molecule has 4 aliphatic rings. The summed E-state index contributed by atoms with van der Waals surface area (Å²) in [7, 11) is 0. The first kappa shape index (κ1) is 25.0. The van der Waals surface area contributed by atoms with Crippen molar-refractivity contribution >= 4 is 52.2 Å². The molecule has 4 fully saturated rings. The SMILES string of the molecule is O=C1N[C@H]2[C@H](CS[C@H]2CCCCC(=O)N2CCC3(CC2)CC(Nc2ncc4c(Cl)cccc4n2)CO3)N1. The average Bonchev–Trinajstić information content (AvgIpc) is 3.57. The van der Waals surface area contributed by atoms with E-state index in [-0.39, 0.29) is 35.7 Å². The van der Waals surface area contributed by atoms with Gasteiger partial charge in [0.1, 0.15) is 0 Å². The molecule has 198 valence electrons. The number of nitrogens with zero attached hydrogens (tertiary/aromatic N) is 3. The second-order valence-electron chi connectivity index (χ2n) is 10.7.